The summed E-state index contributed by atoms with van der Waals surface area (Å²) in [5, 5.41) is 23.3. The first kappa shape index (κ1) is 49.3. The molecular formula is C49H68N2O9S2. The zero-order valence-corrected chi connectivity index (χ0v) is 39.0. The molecule has 2 N–H and O–H groups in total. The van der Waals surface area contributed by atoms with Gasteiger partial charge in [0, 0.05) is 60.0 Å². The topological polar surface area (TPSA) is 135 Å². The van der Waals surface area contributed by atoms with Crippen molar-refractivity contribution in [2.45, 2.75) is 113 Å². The Balaban J connectivity index is 0.000000235. The fraction of sp³-hybridized carbons (Fsp3) is 0.571. The van der Waals surface area contributed by atoms with E-state index in [0.717, 1.165) is 74.7 Å². The van der Waals surface area contributed by atoms with Crippen molar-refractivity contribution in [3.05, 3.63) is 95.1 Å². The van der Waals surface area contributed by atoms with Crippen LogP contribution in [-0.2, 0) is 36.9 Å². The van der Waals surface area contributed by atoms with Gasteiger partial charge >= 0.3 is 5.97 Å². The fourth-order valence-corrected chi connectivity index (χ4v) is 12.5. The van der Waals surface area contributed by atoms with Crippen molar-refractivity contribution in [2.24, 2.45) is 11.8 Å². The summed E-state index contributed by atoms with van der Waals surface area (Å²) >= 11 is 0. The van der Waals surface area contributed by atoms with Crippen LogP contribution in [0, 0.1) is 11.8 Å². The van der Waals surface area contributed by atoms with Gasteiger partial charge in [-0.1, -0.05) is 96.2 Å². The molecule has 13 heteroatoms. The minimum absolute atomic E-state index is 0.0520. The Bertz CT molecular complexity index is 1890. The third kappa shape index (κ3) is 13.4. The van der Waals surface area contributed by atoms with Gasteiger partial charge in [-0.05, 0) is 100 Å². The molecule has 0 bridgehead atoms. The van der Waals surface area contributed by atoms with Crippen molar-refractivity contribution < 1.29 is 43.5 Å². The lowest BCUT2D eigenvalue weighted by atomic mass is 9.71. The molecule has 5 atom stereocenters. The first-order chi connectivity index (χ1) is 29.8. The molecule has 1 saturated heterocycles. The lowest BCUT2D eigenvalue weighted by molar-refractivity contribution is -0.149. The number of esters is 1. The predicted molar refractivity (Wildman–Crippen MR) is 247 cm³/mol. The molecule has 2 saturated carbocycles. The molecule has 3 aromatic rings. The van der Waals surface area contributed by atoms with Gasteiger partial charge < -0.3 is 34.1 Å². The number of nitrogens with zero attached hydrogens (tertiary/aromatic N) is 2. The van der Waals surface area contributed by atoms with Gasteiger partial charge in [0.05, 0.1) is 25.4 Å². The van der Waals surface area contributed by atoms with E-state index in [4.69, 9.17) is 18.9 Å². The van der Waals surface area contributed by atoms with E-state index in [1.54, 1.807) is 44.4 Å². The molecule has 0 unspecified atom stereocenters. The Morgan fingerprint density at radius 1 is 0.806 bits per heavy atom. The number of aliphatic hydroxyl groups is 2. The van der Waals surface area contributed by atoms with Gasteiger partial charge in [0.1, 0.15) is 24.8 Å². The molecule has 3 aliphatic rings. The molecule has 6 rings (SSSR count). The van der Waals surface area contributed by atoms with Crippen LogP contribution in [0.25, 0.3) is 0 Å². The van der Waals surface area contributed by atoms with Gasteiger partial charge in [-0.3, -0.25) is 19.3 Å². The number of rotatable bonds is 19. The van der Waals surface area contributed by atoms with Crippen LogP contribution in [0.4, 0.5) is 0 Å². The molecule has 2 aliphatic carbocycles. The van der Waals surface area contributed by atoms with Gasteiger partial charge in [-0.2, -0.15) is 0 Å². The van der Waals surface area contributed by atoms with Gasteiger partial charge in [0.25, 0.3) is 12.4 Å². The van der Waals surface area contributed by atoms with Crippen LogP contribution < -0.4 is 9.47 Å². The third-order valence-electron chi connectivity index (χ3n) is 12.9. The highest BCUT2D eigenvalue weighted by Gasteiger charge is 2.43. The highest BCUT2D eigenvalue weighted by Crippen LogP contribution is 2.49. The van der Waals surface area contributed by atoms with E-state index in [1.807, 2.05) is 88.1 Å². The first-order valence-corrected chi connectivity index (χ1v) is 24.4. The molecule has 1 heterocycles. The Morgan fingerprint density at radius 2 is 1.42 bits per heavy atom. The van der Waals surface area contributed by atoms with Crippen LogP contribution in [0.3, 0.4) is 0 Å². The van der Waals surface area contributed by atoms with Crippen molar-refractivity contribution in [2.75, 3.05) is 53.9 Å². The Hall–Kier alpha value is -3.75. The van der Waals surface area contributed by atoms with E-state index >= 15 is 0 Å². The quantitative estimate of drug-likeness (QED) is 0.0391. The number of amides is 1. The number of benzene rings is 3. The van der Waals surface area contributed by atoms with Crippen molar-refractivity contribution in [3.8, 4) is 11.5 Å². The van der Waals surface area contributed by atoms with Crippen LogP contribution in [0.5, 0.6) is 11.5 Å². The molecule has 3 aromatic carbocycles. The number of unbranched alkanes of at least 4 members (excludes halogenated alkanes) is 1. The number of carbonyl (C=O) groups is 3. The summed E-state index contributed by atoms with van der Waals surface area (Å²) in [6.07, 6.45) is 12.2. The largest absolute Gasteiger partial charge is 0.497 e. The Morgan fingerprint density at radius 3 is 2.00 bits per heavy atom. The van der Waals surface area contributed by atoms with Gasteiger partial charge in [0.2, 0.25) is 0 Å². The average molecular weight is 893 g/mol. The smallest absolute Gasteiger partial charge is 0.307 e. The van der Waals surface area contributed by atoms with E-state index in [2.05, 4.69) is 6.92 Å². The van der Waals surface area contributed by atoms with Crippen LogP contribution in [-0.4, -0.2) is 97.0 Å². The number of ether oxygens (including phenoxy) is 4. The molecule has 340 valence electrons. The second-order valence-corrected chi connectivity index (χ2v) is 20.4. The van der Waals surface area contributed by atoms with Crippen LogP contribution in [0.2, 0.25) is 0 Å². The summed E-state index contributed by atoms with van der Waals surface area (Å²) in [6, 6.07) is 22.4. The standard InChI is InChI=1S/C25H39NO4S2.C24H29NO5/c1-24(15-16-31-32-24)13-6-5-12-23(27)30-19-26(2)18-21-9-4-7-14-25(21,28)20-10-8-11-22(17-20)29-3;1-25(23(27)22-12-4-3-8-18(22)16-30-17-26)15-20-9-5-6-13-24(20,28)19-10-7-11-21(14-19)29-2/h8,10-11,17,21,28H,4-7,9,12-16,18-19H2,1-3H3;3-4,7-8,10-12,14,17,20,28H,5-6,9,13,15-16H2,1-2H3/t21-,24-,25+;20-,24+/m11/s1. The molecule has 0 radical (unpaired) electrons. The summed E-state index contributed by atoms with van der Waals surface area (Å²) in [5.74, 6) is 2.44. The molecule has 11 nitrogen and oxygen atoms in total. The van der Waals surface area contributed by atoms with E-state index in [-0.39, 0.29) is 37.0 Å². The zero-order chi connectivity index (χ0) is 44.6. The van der Waals surface area contributed by atoms with Crippen molar-refractivity contribution >= 4 is 39.9 Å². The maximum absolute atomic E-state index is 13.1. The second-order valence-electron chi connectivity index (χ2n) is 17.4. The van der Waals surface area contributed by atoms with Crippen LogP contribution >= 0.6 is 21.6 Å². The van der Waals surface area contributed by atoms with E-state index in [9.17, 15) is 24.6 Å². The van der Waals surface area contributed by atoms with Gasteiger partial charge in [0.15, 0.2) is 0 Å². The van der Waals surface area contributed by atoms with E-state index in [1.165, 1.54) is 18.6 Å². The summed E-state index contributed by atoms with van der Waals surface area (Å²) in [7, 11) is 10.9. The second kappa shape index (κ2) is 23.8. The first-order valence-electron chi connectivity index (χ1n) is 22.1. The highest BCUT2D eigenvalue weighted by molar-refractivity contribution is 8.77. The molecule has 62 heavy (non-hydrogen) atoms. The fourth-order valence-electron chi connectivity index (χ4n) is 9.18. The lowest BCUT2D eigenvalue weighted by Crippen LogP contribution is -2.45. The molecule has 0 spiro atoms. The minimum atomic E-state index is -1.01. The zero-order valence-electron chi connectivity index (χ0n) is 37.4. The van der Waals surface area contributed by atoms with Gasteiger partial charge in [-0.25, -0.2) is 0 Å². The highest BCUT2D eigenvalue weighted by atomic mass is 33.1. The Kier molecular flexibility index (Phi) is 18.9. The number of carbonyl (C=O) groups excluding carboxylic acids is 3. The lowest BCUT2D eigenvalue weighted by Gasteiger charge is -2.42. The normalized spacial score (nSPS) is 24.6. The summed E-state index contributed by atoms with van der Waals surface area (Å²) in [5.41, 5.74) is 1.02. The summed E-state index contributed by atoms with van der Waals surface area (Å²) in [4.78, 5) is 39.6. The van der Waals surface area contributed by atoms with E-state index in [0.29, 0.717) is 54.0 Å². The molecule has 3 fully saturated rings. The number of methoxy groups -OCH3 is 2. The molecular weight excluding hydrogens is 825 g/mol. The molecule has 0 aromatic heterocycles. The van der Waals surface area contributed by atoms with Crippen LogP contribution in [0.1, 0.15) is 117 Å². The molecule has 1 amide bonds. The van der Waals surface area contributed by atoms with Crippen molar-refractivity contribution in [1.29, 1.82) is 0 Å². The maximum Gasteiger partial charge on any atom is 0.307 e. The van der Waals surface area contributed by atoms with Crippen molar-refractivity contribution in [1.82, 2.24) is 9.80 Å². The number of hydrogen-bond acceptors (Lipinski definition) is 12. The molecule has 1 aliphatic heterocycles. The summed E-state index contributed by atoms with van der Waals surface area (Å²) < 4.78 is 21.5. The maximum atomic E-state index is 13.1. The van der Waals surface area contributed by atoms with Gasteiger partial charge in [-0.15, -0.1) is 0 Å². The third-order valence-corrected chi connectivity index (χ3v) is 16.3. The van der Waals surface area contributed by atoms with Crippen molar-refractivity contribution in [3.63, 3.8) is 0 Å². The SMILES string of the molecule is COc1cccc([C@@]2(O)CCCC[C@@H]2CN(C)C(=O)c2ccccc2COC=O)c1.COc1cccc([C@@]2(O)CCCC[C@@H]2CN(C)COC(=O)CCCC[C@]2(C)CCSS2)c1. The van der Waals surface area contributed by atoms with Crippen LogP contribution in [0.15, 0.2) is 72.8 Å². The average Bonchev–Trinajstić information content (AvgIpc) is 3.74. The minimum Gasteiger partial charge on any atom is -0.497 e. The predicted octanol–water partition coefficient (Wildman–Crippen LogP) is 9.13. The summed E-state index contributed by atoms with van der Waals surface area (Å²) in [6.45, 7) is 4.15. The monoisotopic (exact) mass is 892 g/mol. The number of hydrogen-bond donors (Lipinski definition) is 2. The van der Waals surface area contributed by atoms with E-state index < -0.39 is 11.2 Å². The Labute approximate surface area is 377 Å².